The lowest BCUT2D eigenvalue weighted by atomic mass is 10.8. The van der Waals surface area contributed by atoms with Crippen molar-refractivity contribution < 1.29 is 4.79 Å². The fourth-order valence-electron chi connectivity index (χ4n) is 0.646. The van der Waals surface area contributed by atoms with Crippen LogP contribution in [0, 0.1) is 0 Å². The van der Waals surface area contributed by atoms with Gasteiger partial charge in [-0.1, -0.05) is 0 Å². The van der Waals surface area contributed by atoms with E-state index in [9.17, 15) is 4.79 Å². The highest BCUT2D eigenvalue weighted by Crippen LogP contribution is 1.82. The monoisotopic (exact) mass is 166 g/mol. The molecule has 0 bridgehead atoms. The normalized spacial score (nSPS) is 10.4. The average molecular weight is 166 g/mol. The van der Waals surface area contributed by atoms with Gasteiger partial charge in [-0.2, -0.15) is 0 Å². The molecule has 0 atom stereocenters. The molecular weight excluding hydrogens is 156 g/mol. The van der Waals surface area contributed by atoms with Crippen LogP contribution >= 0.6 is 0 Å². The lowest BCUT2D eigenvalue weighted by Crippen LogP contribution is -2.26. The van der Waals surface area contributed by atoms with Crippen LogP contribution in [0.3, 0.4) is 0 Å². The van der Waals surface area contributed by atoms with E-state index < -0.39 is 0 Å². The summed E-state index contributed by atoms with van der Waals surface area (Å²) in [5.74, 6) is 0. The third-order valence-corrected chi connectivity index (χ3v) is 1.20. The summed E-state index contributed by atoms with van der Waals surface area (Å²) in [6, 6.07) is -0.260. The molecule has 0 aromatic carbocycles. The van der Waals surface area contributed by atoms with Gasteiger partial charge in [0.25, 0.3) is 0 Å². The molecule has 0 aliphatic rings. The Morgan fingerprint density at radius 3 is 3.25 bits per heavy atom. The van der Waals surface area contributed by atoms with Gasteiger partial charge in [-0.25, -0.2) is 9.78 Å². The number of rotatable bonds is 2. The van der Waals surface area contributed by atoms with E-state index >= 15 is 0 Å². The van der Waals surface area contributed by atoms with E-state index in [0.29, 0.717) is 6.54 Å². The summed E-state index contributed by atoms with van der Waals surface area (Å²) in [6.45, 7) is 2.55. The van der Waals surface area contributed by atoms with Crippen LogP contribution in [-0.2, 0) is 0 Å². The molecule has 1 aromatic rings. The molecule has 5 nitrogen and oxygen atoms in total. The molecule has 0 fully saturated rings. The van der Waals surface area contributed by atoms with E-state index in [1.54, 1.807) is 6.20 Å². The Morgan fingerprint density at radius 1 is 1.83 bits per heavy atom. The van der Waals surface area contributed by atoms with Crippen LogP contribution in [0.15, 0.2) is 23.7 Å². The van der Waals surface area contributed by atoms with Crippen LogP contribution in [0.25, 0.3) is 0 Å². The summed E-state index contributed by atoms with van der Waals surface area (Å²) in [7, 11) is 0. The first-order valence-electron chi connectivity index (χ1n) is 3.61. The Balaban J connectivity index is 2.45. The van der Waals surface area contributed by atoms with Gasteiger partial charge in [-0.05, 0) is 6.92 Å². The van der Waals surface area contributed by atoms with Gasteiger partial charge >= 0.3 is 6.03 Å². The van der Waals surface area contributed by atoms with Gasteiger partial charge in [-0.3, -0.25) is 14.9 Å². The quantitative estimate of drug-likeness (QED) is 0.513. The molecule has 0 radical (unpaired) electrons. The number of nitrogens with zero attached hydrogens (tertiary/aromatic N) is 3. The lowest BCUT2D eigenvalue weighted by molar-refractivity contribution is 0.247. The van der Waals surface area contributed by atoms with E-state index in [-0.39, 0.29) is 6.03 Å². The molecule has 1 amide bonds. The number of imidazole rings is 1. The molecule has 5 heteroatoms. The fourth-order valence-corrected chi connectivity index (χ4v) is 0.646. The summed E-state index contributed by atoms with van der Waals surface area (Å²) < 4.78 is 1.34. The molecule has 0 unspecified atom stereocenters. The molecule has 12 heavy (non-hydrogen) atoms. The van der Waals surface area contributed by atoms with E-state index in [1.165, 1.54) is 23.4 Å². The van der Waals surface area contributed by atoms with Gasteiger partial charge in [0.15, 0.2) is 0 Å². The van der Waals surface area contributed by atoms with Gasteiger partial charge in [0.2, 0.25) is 0 Å². The summed E-state index contributed by atoms with van der Waals surface area (Å²) >= 11 is 0. The van der Waals surface area contributed by atoms with Gasteiger partial charge in [-0.15, -0.1) is 0 Å². The number of hydrogen-bond acceptors (Lipinski definition) is 3. The molecule has 0 saturated heterocycles. The average Bonchev–Trinajstić information content (AvgIpc) is 2.56. The number of aromatic nitrogens is 2. The maximum Gasteiger partial charge on any atom is 0.331 e. The summed E-state index contributed by atoms with van der Waals surface area (Å²) in [4.78, 5) is 18.7. The van der Waals surface area contributed by atoms with Crippen molar-refractivity contribution in [3.05, 3.63) is 18.7 Å². The smallest absolute Gasteiger partial charge is 0.298 e. The van der Waals surface area contributed by atoms with Crippen molar-refractivity contribution in [2.45, 2.75) is 6.92 Å². The molecule has 0 aliphatic carbocycles. The topological polar surface area (TPSA) is 59.3 Å². The Hall–Kier alpha value is -1.65. The predicted octanol–water partition coefficient (Wildman–Crippen LogP) is 0.489. The minimum Gasteiger partial charge on any atom is -0.298 e. The van der Waals surface area contributed by atoms with E-state index in [2.05, 4.69) is 15.3 Å². The maximum atomic E-state index is 11.1. The molecule has 1 heterocycles. The van der Waals surface area contributed by atoms with Gasteiger partial charge < -0.3 is 0 Å². The summed E-state index contributed by atoms with van der Waals surface area (Å²) in [5.41, 5.74) is 0. The number of hydrogen-bond donors (Lipinski definition) is 1. The highest BCUT2D eigenvalue weighted by atomic mass is 16.2. The molecule has 64 valence electrons. The highest BCUT2D eigenvalue weighted by Gasteiger charge is 1.98. The van der Waals surface area contributed by atoms with Gasteiger partial charge in [0, 0.05) is 18.9 Å². The van der Waals surface area contributed by atoms with Crippen LogP contribution in [0.2, 0.25) is 0 Å². The molecular formula is C7H10N4O. The zero-order chi connectivity index (χ0) is 8.81. The maximum absolute atomic E-state index is 11.1. The summed E-state index contributed by atoms with van der Waals surface area (Å²) in [6.07, 6.45) is 5.91. The number of aliphatic imine (C=N–C) groups is 1. The second-order valence-corrected chi connectivity index (χ2v) is 2.05. The Kier molecular flexibility index (Phi) is 3.01. The molecule has 0 spiro atoms. The second kappa shape index (κ2) is 4.27. The number of amides is 1. The van der Waals surface area contributed by atoms with E-state index in [0.717, 1.165) is 0 Å². The minimum absolute atomic E-state index is 0.260. The van der Waals surface area contributed by atoms with Crippen molar-refractivity contribution in [1.29, 1.82) is 0 Å². The number of carbonyl (C=O) groups is 1. The Bertz CT molecular complexity index is 265. The van der Waals surface area contributed by atoms with Gasteiger partial charge in [0.05, 0.1) is 6.34 Å². The van der Waals surface area contributed by atoms with Crippen LogP contribution in [0.5, 0.6) is 0 Å². The van der Waals surface area contributed by atoms with E-state index in [4.69, 9.17) is 0 Å². The van der Waals surface area contributed by atoms with Crippen molar-refractivity contribution in [2.24, 2.45) is 4.99 Å². The number of nitrogens with one attached hydrogen (secondary N) is 1. The highest BCUT2D eigenvalue weighted by molar-refractivity contribution is 5.87. The van der Waals surface area contributed by atoms with Crippen molar-refractivity contribution in [1.82, 2.24) is 14.9 Å². The third kappa shape index (κ3) is 2.19. The standard InChI is InChI=1S/C7H10N4O/c1-2-8-5-10-7(12)11-4-3-9-6-11/h3-6H,2H2,1H3,(H,8,10,12). The molecule has 1 aromatic heterocycles. The number of carbonyl (C=O) groups excluding carboxylic acids is 1. The first-order valence-corrected chi connectivity index (χ1v) is 3.61. The zero-order valence-electron chi connectivity index (χ0n) is 6.77. The first kappa shape index (κ1) is 8.45. The fraction of sp³-hybridized carbons (Fsp3) is 0.286. The predicted molar refractivity (Wildman–Crippen MR) is 45.2 cm³/mol. The molecule has 1 rings (SSSR count). The van der Waals surface area contributed by atoms with Crippen molar-refractivity contribution in [3.8, 4) is 0 Å². The van der Waals surface area contributed by atoms with Crippen molar-refractivity contribution in [2.75, 3.05) is 6.54 Å². The Labute approximate surface area is 70.1 Å². The molecule has 1 N–H and O–H groups in total. The minimum atomic E-state index is -0.260. The van der Waals surface area contributed by atoms with Crippen LogP contribution in [-0.4, -0.2) is 28.5 Å². The zero-order valence-corrected chi connectivity index (χ0v) is 6.77. The largest absolute Gasteiger partial charge is 0.331 e. The third-order valence-electron chi connectivity index (χ3n) is 1.20. The van der Waals surface area contributed by atoms with Crippen LogP contribution < -0.4 is 5.32 Å². The van der Waals surface area contributed by atoms with Crippen molar-refractivity contribution >= 4 is 12.4 Å². The Morgan fingerprint density at radius 2 is 2.67 bits per heavy atom. The van der Waals surface area contributed by atoms with Crippen LogP contribution in [0.4, 0.5) is 4.79 Å². The SMILES string of the molecule is CCN=CNC(=O)n1ccnc1. The molecule has 0 aliphatic heterocycles. The van der Waals surface area contributed by atoms with Crippen molar-refractivity contribution in [3.63, 3.8) is 0 Å². The van der Waals surface area contributed by atoms with Crippen LogP contribution in [0.1, 0.15) is 6.92 Å². The van der Waals surface area contributed by atoms with E-state index in [1.807, 2.05) is 6.92 Å². The summed E-state index contributed by atoms with van der Waals surface area (Å²) in [5, 5.41) is 2.48. The first-order chi connectivity index (χ1) is 5.84. The lowest BCUT2D eigenvalue weighted by Gasteiger charge is -1.97. The van der Waals surface area contributed by atoms with Gasteiger partial charge in [0.1, 0.15) is 6.33 Å². The molecule has 0 saturated carbocycles. The second-order valence-electron chi connectivity index (χ2n) is 2.05.